The number of hydrogen-bond acceptors (Lipinski definition) is 2. The van der Waals surface area contributed by atoms with E-state index in [9.17, 15) is 0 Å². The molecule has 1 aliphatic rings. The summed E-state index contributed by atoms with van der Waals surface area (Å²) >= 11 is 4.23. The molecular formula is C9H19NS. The molecule has 0 aromatic carbocycles. The fourth-order valence-corrected chi connectivity index (χ4v) is 2.02. The van der Waals surface area contributed by atoms with Gasteiger partial charge in [-0.3, -0.25) is 0 Å². The van der Waals surface area contributed by atoms with E-state index in [4.69, 9.17) is 0 Å². The van der Waals surface area contributed by atoms with Crippen molar-refractivity contribution < 1.29 is 0 Å². The molecule has 0 aromatic heterocycles. The van der Waals surface area contributed by atoms with Crippen molar-refractivity contribution in [3.8, 4) is 0 Å². The number of piperidine rings is 1. The first kappa shape index (κ1) is 9.40. The molecule has 0 spiro atoms. The Kier molecular flexibility index (Phi) is 4.31. The maximum Gasteiger partial charge on any atom is 0.00925 e. The Morgan fingerprint density at radius 2 is 2.27 bits per heavy atom. The highest BCUT2D eigenvalue weighted by Crippen LogP contribution is 2.18. The molecule has 1 heterocycles. The Labute approximate surface area is 75.6 Å². The number of hydrogen-bond donors (Lipinski definition) is 1. The summed E-state index contributed by atoms with van der Waals surface area (Å²) in [6.45, 7) is 1.30. The van der Waals surface area contributed by atoms with Crippen LogP contribution >= 0.6 is 12.6 Å². The molecule has 0 N–H and O–H groups in total. The summed E-state index contributed by atoms with van der Waals surface area (Å²) in [4.78, 5) is 2.51. The Balaban J connectivity index is 2.18. The van der Waals surface area contributed by atoms with Gasteiger partial charge in [0.15, 0.2) is 0 Å². The highest BCUT2D eigenvalue weighted by atomic mass is 32.1. The van der Waals surface area contributed by atoms with Crippen molar-refractivity contribution in [3.05, 3.63) is 0 Å². The Bertz CT molecular complexity index is 106. The normalized spacial score (nSPS) is 27.3. The average molecular weight is 173 g/mol. The monoisotopic (exact) mass is 173 g/mol. The molecule has 0 aromatic rings. The SMILES string of the molecule is CN1CCCCC1CCCS. The molecule has 1 fully saturated rings. The zero-order valence-corrected chi connectivity index (χ0v) is 8.32. The van der Waals surface area contributed by atoms with E-state index in [-0.39, 0.29) is 0 Å². The fourth-order valence-electron chi connectivity index (χ4n) is 1.84. The molecule has 11 heavy (non-hydrogen) atoms. The highest BCUT2D eigenvalue weighted by molar-refractivity contribution is 7.80. The number of nitrogens with zero attached hydrogens (tertiary/aromatic N) is 1. The summed E-state index contributed by atoms with van der Waals surface area (Å²) in [6, 6.07) is 0.857. The van der Waals surface area contributed by atoms with Gasteiger partial charge in [0, 0.05) is 6.04 Å². The van der Waals surface area contributed by atoms with Crippen LogP contribution in [0.1, 0.15) is 32.1 Å². The average Bonchev–Trinajstić information content (AvgIpc) is 2.03. The van der Waals surface area contributed by atoms with Crippen molar-refractivity contribution in [1.29, 1.82) is 0 Å². The second-order valence-corrected chi connectivity index (χ2v) is 3.94. The number of thiol groups is 1. The van der Waals surface area contributed by atoms with Crippen LogP contribution in [0.2, 0.25) is 0 Å². The van der Waals surface area contributed by atoms with Gasteiger partial charge < -0.3 is 4.90 Å². The lowest BCUT2D eigenvalue weighted by atomic mass is 9.99. The molecule has 0 saturated carbocycles. The van der Waals surface area contributed by atoms with Gasteiger partial charge in [0.1, 0.15) is 0 Å². The third kappa shape index (κ3) is 3.04. The third-order valence-electron chi connectivity index (χ3n) is 2.62. The van der Waals surface area contributed by atoms with Gasteiger partial charge in [-0.1, -0.05) is 6.42 Å². The number of rotatable bonds is 3. The van der Waals surface area contributed by atoms with Crippen LogP contribution in [0.3, 0.4) is 0 Å². The van der Waals surface area contributed by atoms with E-state index in [1.165, 1.54) is 38.6 Å². The van der Waals surface area contributed by atoms with Gasteiger partial charge in [-0.25, -0.2) is 0 Å². The molecule has 1 nitrogen and oxygen atoms in total. The standard InChI is InChI=1S/C9H19NS/c1-10-7-3-2-5-9(10)6-4-8-11/h9,11H,2-8H2,1H3. The van der Waals surface area contributed by atoms with Gasteiger partial charge in [0.2, 0.25) is 0 Å². The Morgan fingerprint density at radius 3 is 2.91 bits per heavy atom. The maximum absolute atomic E-state index is 4.23. The lowest BCUT2D eigenvalue weighted by Crippen LogP contribution is -2.36. The lowest BCUT2D eigenvalue weighted by Gasteiger charge is -2.32. The second-order valence-electron chi connectivity index (χ2n) is 3.50. The Hall–Kier alpha value is 0.310. The lowest BCUT2D eigenvalue weighted by molar-refractivity contribution is 0.175. The first-order valence-corrected chi connectivity index (χ1v) is 5.29. The fraction of sp³-hybridized carbons (Fsp3) is 1.00. The van der Waals surface area contributed by atoms with Crippen LogP contribution in [0.15, 0.2) is 0 Å². The van der Waals surface area contributed by atoms with Gasteiger partial charge in [-0.2, -0.15) is 12.6 Å². The summed E-state index contributed by atoms with van der Waals surface area (Å²) in [5, 5.41) is 0. The van der Waals surface area contributed by atoms with Gasteiger partial charge in [-0.05, 0) is 45.0 Å². The maximum atomic E-state index is 4.23. The van der Waals surface area contributed by atoms with Crippen LogP contribution in [0.4, 0.5) is 0 Å². The molecule has 66 valence electrons. The van der Waals surface area contributed by atoms with Gasteiger partial charge in [0.25, 0.3) is 0 Å². The topological polar surface area (TPSA) is 3.24 Å². The highest BCUT2D eigenvalue weighted by Gasteiger charge is 2.17. The summed E-state index contributed by atoms with van der Waals surface area (Å²) in [5.74, 6) is 1.05. The van der Waals surface area contributed by atoms with E-state index in [1.54, 1.807) is 0 Å². The van der Waals surface area contributed by atoms with E-state index >= 15 is 0 Å². The second kappa shape index (κ2) is 5.04. The van der Waals surface area contributed by atoms with Gasteiger partial charge in [0.05, 0.1) is 0 Å². The molecule has 0 bridgehead atoms. The molecule has 0 radical (unpaired) electrons. The van der Waals surface area contributed by atoms with Crippen LogP contribution in [-0.2, 0) is 0 Å². The van der Waals surface area contributed by atoms with Crippen molar-refractivity contribution >= 4 is 12.6 Å². The van der Waals surface area contributed by atoms with E-state index in [0.29, 0.717) is 0 Å². The summed E-state index contributed by atoms with van der Waals surface area (Å²) in [6.07, 6.45) is 6.86. The molecule has 0 amide bonds. The van der Waals surface area contributed by atoms with E-state index in [0.717, 1.165) is 11.8 Å². The molecular weight excluding hydrogens is 154 g/mol. The summed E-state index contributed by atoms with van der Waals surface area (Å²) in [5.41, 5.74) is 0. The van der Waals surface area contributed by atoms with E-state index in [2.05, 4.69) is 24.6 Å². The third-order valence-corrected chi connectivity index (χ3v) is 2.93. The summed E-state index contributed by atoms with van der Waals surface area (Å²) in [7, 11) is 2.25. The predicted molar refractivity (Wildman–Crippen MR) is 53.4 cm³/mol. The van der Waals surface area contributed by atoms with Crippen molar-refractivity contribution in [2.24, 2.45) is 0 Å². The summed E-state index contributed by atoms with van der Waals surface area (Å²) < 4.78 is 0. The van der Waals surface area contributed by atoms with Crippen molar-refractivity contribution in [2.45, 2.75) is 38.1 Å². The minimum atomic E-state index is 0.857. The smallest absolute Gasteiger partial charge is 0.00925 e. The van der Waals surface area contributed by atoms with E-state index in [1.807, 2.05) is 0 Å². The largest absolute Gasteiger partial charge is 0.303 e. The molecule has 1 saturated heterocycles. The molecule has 1 aliphatic heterocycles. The van der Waals surface area contributed by atoms with Crippen molar-refractivity contribution in [3.63, 3.8) is 0 Å². The van der Waals surface area contributed by atoms with Crippen molar-refractivity contribution in [1.82, 2.24) is 4.90 Å². The van der Waals surface area contributed by atoms with Gasteiger partial charge >= 0.3 is 0 Å². The minimum Gasteiger partial charge on any atom is -0.303 e. The van der Waals surface area contributed by atoms with Crippen molar-refractivity contribution in [2.75, 3.05) is 19.3 Å². The van der Waals surface area contributed by atoms with Crippen LogP contribution in [-0.4, -0.2) is 30.3 Å². The van der Waals surface area contributed by atoms with E-state index < -0.39 is 0 Å². The minimum absolute atomic E-state index is 0.857. The van der Waals surface area contributed by atoms with Crippen LogP contribution in [0.25, 0.3) is 0 Å². The zero-order valence-electron chi connectivity index (χ0n) is 7.42. The zero-order chi connectivity index (χ0) is 8.10. The quantitative estimate of drug-likeness (QED) is 0.640. The molecule has 1 rings (SSSR count). The Morgan fingerprint density at radius 1 is 1.45 bits per heavy atom. The molecule has 0 aliphatic carbocycles. The predicted octanol–water partition coefficient (Wildman–Crippen LogP) is 2.18. The van der Waals surface area contributed by atoms with Gasteiger partial charge in [-0.15, -0.1) is 0 Å². The first-order chi connectivity index (χ1) is 5.34. The van der Waals surface area contributed by atoms with Crippen LogP contribution in [0.5, 0.6) is 0 Å². The van der Waals surface area contributed by atoms with Crippen LogP contribution in [0, 0.1) is 0 Å². The number of likely N-dealkylation sites (tertiary alicyclic amines) is 1. The first-order valence-electron chi connectivity index (χ1n) is 4.65. The molecule has 2 heteroatoms. The molecule has 1 unspecified atom stereocenters. The van der Waals surface area contributed by atoms with Crippen LogP contribution < -0.4 is 0 Å². The molecule has 1 atom stereocenters.